The van der Waals surface area contributed by atoms with Crippen LogP contribution in [0.1, 0.15) is 16.1 Å². The highest BCUT2D eigenvalue weighted by molar-refractivity contribution is 7.22. The molecule has 0 N–H and O–H groups in total. The minimum Gasteiger partial charge on any atom is -0.278 e. The van der Waals surface area contributed by atoms with Crippen LogP contribution >= 0.6 is 11.3 Å². The van der Waals surface area contributed by atoms with Gasteiger partial charge in [0.25, 0.3) is 5.91 Å². The van der Waals surface area contributed by atoms with Crippen molar-refractivity contribution in [2.75, 3.05) is 4.90 Å². The number of nitrogens with zero attached hydrogens (tertiary/aromatic N) is 3. The molecule has 0 radical (unpaired) electrons. The molecule has 28 heavy (non-hydrogen) atoms. The van der Waals surface area contributed by atoms with Gasteiger partial charge >= 0.3 is 0 Å². The molecule has 2 aromatic carbocycles. The van der Waals surface area contributed by atoms with Crippen molar-refractivity contribution >= 4 is 32.6 Å². The van der Waals surface area contributed by atoms with Gasteiger partial charge in [-0.1, -0.05) is 17.4 Å². The van der Waals surface area contributed by atoms with Gasteiger partial charge < -0.3 is 0 Å². The molecule has 0 aliphatic heterocycles. The van der Waals surface area contributed by atoms with E-state index < -0.39 is 23.4 Å². The molecule has 0 bridgehead atoms. The standard InChI is InChI=1S/C20H12F3N3OS/c21-12-4-6-15(16(23)9-12)19(27)26(11-14-3-1-2-8-24-14)20-25-17-7-5-13(22)10-18(17)28-20/h1-10H,11H2. The number of hydrogen-bond donors (Lipinski definition) is 0. The highest BCUT2D eigenvalue weighted by Crippen LogP contribution is 2.31. The SMILES string of the molecule is O=C(c1ccc(F)cc1F)N(Cc1ccccn1)c1nc2ccc(F)cc2s1. The predicted octanol–water partition coefficient (Wildman–Crippen LogP) is 4.96. The molecule has 0 fully saturated rings. The average Bonchev–Trinajstić information content (AvgIpc) is 3.09. The van der Waals surface area contributed by atoms with E-state index in [1.807, 2.05) is 0 Å². The summed E-state index contributed by atoms with van der Waals surface area (Å²) in [5.74, 6) is -2.86. The molecule has 0 aliphatic carbocycles. The number of carbonyl (C=O) groups is 1. The van der Waals surface area contributed by atoms with E-state index in [0.717, 1.165) is 23.5 Å². The summed E-state index contributed by atoms with van der Waals surface area (Å²) in [7, 11) is 0. The maximum atomic E-state index is 14.2. The summed E-state index contributed by atoms with van der Waals surface area (Å²) in [4.78, 5) is 22.9. The molecule has 0 saturated heterocycles. The Balaban J connectivity index is 1.79. The number of fused-ring (bicyclic) bond motifs is 1. The van der Waals surface area contributed by atoms with Crippen molar-refractivity contribution in [3.05, 3.63) is 89.5 Å². The first-order chi connectivity index (χ1) is 13.5. The first kappa shape index (κ1) is 18.1. The van der Waals surface area contributed by atoms with Crippen LogP contribution in [-0.2, 0) is 6.54 Å². The Morgan fingerprint density at radius 3 is 2.54 bits per heavy atom. The molecule has 0 spiro atoms. The van der Waals surface area contributed by atoms with Gasteiger partial charge in [-0.2, -0.15) is 0 Å². The van der Waals surface area contributed by atoms with E-state index >= 15 is 0 Å². The van der Waals surface area contributed by atoms with E-state index in [9.17, 15) is 18.0 Å². The summed E-state index contributed by atoms with van der Waals surface area (Å²) < 4.78 is 41.5. The monoisotopic (exact) mass is 399 g/mol. The van der Waals surface area contributed by atoms with Gasteiger partial charge in [-0.3, -0.25) is 14.7 Å². The molecule has 4 nitrogen and oxygen atoms in total. The Kier molecular flexibility index (Phi) is 4.79. The summed E-state index contributed by atoms with van der Waals surface area (Å²) in [6.07, 6.45) is 1.57. The van der Waals surface area contributed by atoms with Gasteiger partial charge in [0.05, 0.1) is 28.0 Å². The minimum absolute atomic E-state index is 0.0266. The van der Waals surface area contributed by atoms with Gasteiger partial charge in [-0.05, 0) is 42.5 Å². The van der Waals surface area contributed by atoms with Crippen molar-refractivity contribution in [2.24, 2.45) is 0 Å². The van der Waals surface area contributed by atoms with Crippen molar-refractivity contribution in [2.45, 2.75) is 6.54 Å². The number of aromatic nitrogens is 2. The van der Waals surface area contributed by atoms with Gasteiger partial charge in [0.15, 0.2) is 5.13 Å². The quantitative estimate of drug-likeness (QED) is 0.488. The molecule has 0 unspecified atom stereocenters. The third-order valence-corrected chi connectivity index (χ3v) is 5.06. The van der Waals surface area contributed by atoms with E-state index in [1.54, 1.807) is 24.4 Å². The van der Waals surface area contributed by atoms with E-state index in [1.165, 1.54) is 23.1 Å². The molecule has 140 valence electrons. The number of benzene rings is 2. The van der Waals surface area contributed by atoms with E-state index in [-0.39, 0.29) is 17.2 Å². The Morgan fingerprint density at radius 2 is 1.79 bits per heavy atom. The molecule has 2 heterocycles. The fourth-order valence-electron chi connectivity index (χ4n) is 2.69. The van der Waals surface area contributed by atoms with Gasteiger partial charge in [-0.15, -0.1) is 0 Å². The molecular formula is C20H12F3N3OS. The molecule has 0 saturated carbocycles. The third-order valence-electron chi connectivity index (χ3n) is 4.02. The highest BCUT2D eigenvalue weighted by atomic mass is 32.1. The summed E-state index contributed by atoms with van der Waals surface area (Å²) in [5.41, 5.74) is 0.784. The van der Waals surface area contributed by atoms with Crippen molar-refractivity contribution in [3.63, 3.8) is 0 Å². The Labute approximate surface area is 161 Å². The Bertz CT molecular complexity index is 1160. The van der Waals surface area contributed by atoms with Crippen LogP contribution in [0.3, 0.4) is 0 Å². The summed E-state index contributed by atoms with van der Waals surface area (Å²) in [5, 5.41) is 0.264. The molecule has 4 rings (SSSR count). The van der Waals surface area contributed by atoms with Crippen molar-refractivity contribution in [1.29, 1.82) is 0 Å². The largest absolute Gasteiger partial charge is 0.278 e. The maximum Gasteiger partial charge on any atom is 0.263 e. The number of halogens is 3. The zero-order valence-corrected chi connectivity index (χ0v) is 15.1. The molecule has 0 atom stereocenters. The van der Waals surface area contributed by atoms with Crippen molar-refractivity contribution < 1.29 is 18.0 Å². The van der Waals surface area contributed by atoms with E-state index in [0.29, 0.717) is 22.0 Å². The second-order valence-electron chi connectivity index (χ2n) is 5.95. The second kappa shape index (κ2) is 7.40. The van der Waals surface area contributed by atoms with Crippen LogP contribution in [0.15, 0.2) is 60.8 Å². The molecule has 2 aromatic heterocycles. The van der Waals surface area contributed by atoms with Crippen LogP contribution < -0.4 is 4.90 Å². The molecule has 0 aliphatic rings. The summed E-state index contributed by atoms with van der Waals surface area (Å²) in [6, 6.07) is 12.1. The number of anilines is 1. The average molecular weight is 399 g/mol. The van der Waals surface area contributed by atoms with Gasteiger partial charge in [0, 0.05) is 12.3 Å². The topological polar surface area (TPSA) is 46.1 Å². The molecule has 4 aromatic rings. The van der Waals surface area contributed by atoms with Gasteiger partial charge in [0.2, 0.25) is 0 Å². The van der Waals surface area contributed by atoms with Crippen LogP contribution in [-0.4, -0.2) is 15.9 Å². The lowest BCUT2D eigenvalue weighted by Crippen LogP contribution is -2.31. The zero-order valence-electron chi connectivity index (χ0n) is 14.3. The lowest BCUT2D eigenvalue weighted by molar-refractivity contribution is 0.0981. The second-order valence-corrected chi connectivity index (χ2v) is 6.95. The lowest BCUT2D eigenvalue weighted by Gasteiger charge is -2.20. The number of amides is 1. The van der Waals surface area contributed by atoms with Gasteiger partial charge in [-0.25, -0.2) is 18.2 Å². The maximum absolute atomic E-state index is 14.2. The Morgan fingerprint density at radius 1 is 1.00 bits per heavy atom. The normalized spacial score (nSPS) is 11.0. The fourth-order valence-corrected chi connectivity index (χ4v) is 3.68. The smallest absolute Gasteiger partial charge is 0.263 e. The molecule has 8 heteroatoms. The Hall–Kier alpha value is -3.26. The minimum atomic E-state index is -0.969. The number of thiazole rings is 1. The fraction of sp³-hybridized carbons (Fsp3) is 0.0500. The number of rotatable bonds is 4. The van der Waals surface area contributed by atoms with E-state index in [4.69, 9.17) is 0 Å². The zero-order chi connectivity index (χ0) is 19.7. The first-order valence-corrected chi connectivity index (χ1v) is 9.06. The molecule has 1 amide bonds. The van der Waals surface area contributed by atoms with Crippen LogP contribution in [0.5, 0.6) is 0 Å². The van der Waals surface area contributed by atoms with E-state index in [2.05, 4.69) is 9.97 Å². The number of pyridine rings is 1. The van der Waals surface area contributed by atoms with Crippen molar-refractivity contribution in [3.8, 4) is 0 Å². The van der Waals surface area contributed by atoms with Crippen LogP contribution in [0.4, 0.5) is 18.3 Å². The highest BCUT2D eigenvalue weighted by Gasteiger charge is 2.25. The van der Waals surface area contributed by atoms with Crippen molar-refractivity contribution in [1.82, 2.24) is 9.97 Å². The summed E-state index contributed by atoms with van der Waals surface area (Å²) >= 11 is 1.10. The van der Waals surface area contributed by atoms with Crippen LogP contribution in [0.2, 0.25) is 0 Å². The predicted molar refractivity (Wildman–Crippen MR) is 101 cm³/mol. The molecular weight excluding hydrogens is 387 g/mol. The summed E-state index contributed by atoms with van der Waals surface area (Å²) in [6.45, 7) is 0.0266. The van der Waals surface area contributed by atoms with Gasteiger partial charge in [0.1, 0.15) is 17.5 Å². The number of hydrogen-bond acceptors (Lipinski definition) is 4. The van der Waals surface area contributed by atoms with Crippen LogP contribution in [0, 0.1) is 17.5 Å². The third kappa shape index (κ3) is 3.59. The number of carbonyl (C=O) groups excluding carboxylic acids is 1. The lowest BCUT2D eigenvalue weighted by atomic mass is 10.1. The van der Waals surface area contributed by atoms with Crippen LogP contribution in [0.25, 0.3) is 10.2 Å². The first-order valence-electron chi connectivity index (χ1n) is 8.24.